The predicted octanol–water partition coefficient (Wildman–Crippen LogP) is 3.39. The lowest BCUT2D eigenvalue weighted by molar-refractivity contribution is -0.140. The average molecular weight is 484 g/mol. The third-order valence-corrected chi connectivity index (χ3v) is 7.75. The van der Waals surface area contributed by atoms with Crippen LogP contribution in [0.25, 0.3) is 0 Å². The summed E-state index contributed by atoms with van der Waals surface area (Å²) in [6.45, 7) is 0.207. The van der Waals surface area contributed by atoms with E-state index < -0.39 is 39.4 Å². The van der Waals surface area contributed by atoms with E-state index in [1.165, 1.54) is 16.4 Å². The van der Waals surface area contributed by atoms with E-state index in [0.29, 0.717) is 12.8 Å². The first-order chi connectivity index (χ1) is 15.5. The van der Waals surface area contributed by atoms with E-state index in [0.717, 1.165) is 17.7 Å². The normalized spacial score (nSPS) is 24.4. The molecule has 0 amide bonds. The summed E-state index contributed by atoms with van der Waals surface area (Å²) < 4.78 is 73.2. The molecule has 2 atom stereocenters. The van der Waals surface area contributed by atoms with E-state index in [4.69, 9.17) is 4.74 Å². The Morgan fingerprint density at radius 2 is 1.67 bits per heavy atom. The van der Waals surface area contributed by atoms with Crippen molar-refractivity contribution in [2.75, 3.05) is 13.1 Å². The van der Waals surface area contributed by atoms with Gasteiger partial charge in [-0.3, -0.25) is 4.79 Å². The number of ether oxygens (including phenoxy) is 1. The molecule has 2 N–H and O–H groups in total. The summed E-state index contributed by atoms with van der Waals surface area (Å²) in [4.78, 5) is 11.9. The number of benzene rings is 2. The molecular weight excluding hydrogens is 461 g/mol. The highest BCUT2D eigenvalue weighted by molar-refractivity contribution is 7.87. The van der Waals surface area contributed by atoms with Gasteiger partial charge in [0, 0.05) is 19.0 Å². The zero-order valence-corrected chi connectivity index (χ0v) is 18.3. The number of hydrogen-bond acceptors (Lipinski definition) is 4. The summed E-state index contributed by atoms with van der Waals surface area (Å²) in [6, 6.07) is 13.2. The van der Waals surface area contributed by atoms with Crippen LogP contribution in [-0.2, 0) is 21.2 Å². The van der Waals surface area contributed by atoms with Crippen LogP contribution in [0.1, 0.15) is 36.3 Å². The standard InChI is InChI=1S/C22H23F3N2O5S/c23-22(24,25)16-6-8-17(9-7-16)32-18-10-12-27(13-11-18)33(30,31)26-21(20(28)29)14-19(21)15-4-2-1-3-5-15/h1-9,18-19,26H,10-14H2,(H,28,29). The largest absolute Gasteiger partial charge is 0.490 e. The van der Waals surface area contributed by atoms with Gasteiger partial charge >= 0.3 is 12.1 Å². The van der Waals surface area contributed by atoms with Crippen LogP contribution in [-0.4, -0.2) is 48.5 Å². The van der Waals surface area contributed by atoms with Gasteiger partial charge in [-0.25, -0.2) is 0 Å². The molecule has 1 heterocycles. The molecule has 1 saturated heterocycles. The fourth-order valence-corrected chi connectivity index (χ4v) is 5.74. The van der Waals surface area contributed by atoms with E-state index in [1.54, 1.807) is 30.3 Å². The van der Waals surface area contributed by atoms with Crippen molar-refractivity contribution >= 4 is 16.2 Å². The van der Waals surface area contributed by atoms with Gasteiger partial charge in [0.05, 0.1) is 5.56 Å². The number of carbonyl (C=O) groups is 1. The zero-order chi connectivity index (χ0) is 23.9. The van der Waals surface area contributed by atoms with Gasteiger partial charge in [-0.2, -0.15) is 30.6 Å². The summed E-state index contributed by atoms with van der Waals surface area (Å²) in [7, 11) is -4.06. The molecule has 2 unspecified atom stereocenters. The molecule has 0 radical (unpaired) electrons. The molecule has 1 aliphatic carbocycles. The van der Waals surface area contributed by atoms with E-state index in [-0.39, 0.29) is 31.4 Å². The Morgan fingerprint density at radius 1 is 1.06 bits per heavy atom. The number of nitrogens with zero attached hydrogens (tertiary/aromatic N) is 1. The average Bonchev–Trinajstić information content (AvgIpc) is 3.49. The highest BCUT2D eigenvalue weighted by Crippen LogP contribution is 2.52. The lowest BCUT2D eigenvalue weighted by Gasteiger charge is -2.32. The molecule has 2 fully saturated rings. The third-order valence-electron chi connectivity index (χ3n) is 6.08. The first-order valence-electron chi connectivity index (χ1n) is 10.4. The maximum atomic E-state index is 12.9. The summed E-state index contributed by atoms with van der Waals surface area (Å²) in [6.07, 6.45) is -3.98. The SMILES string of the molecule is O=C(O)C1(NS(=O)(=O)N2CCC(Oc3ccc(C(F)(F)F)cc3)CC2)CC1c1ccccc1. The summed E-state index contributed by atoms with van der Waals surface area (Å²) in [5.41, 5.74) is -1.59. The van der Waals surface area contributed by atoms with Crippen LogP contribution in [0.3, 0.4) is 0 Å². The second kappa shape index (κ2) is 8.62. The molecule has 7 nitrogen and oxygen atoms in total. The van der Waals surface area contributed by atoms with Crippen molar-refractivity contribution in [3.8, 4) is 5.75 Å². The molecule has 0 spiro atoms. The molecule has 4 rings (SSSR count). The molecule has 11 heteroatoms. The van der Waals surface area contributed by atoms with Crippen molar-refractivity contribution in [2.45, 2.75) is 43.0 Å². The van der Waals surface area contributed by atoms with Gasteiger partial charge in [0.1, 0.15) is 17.4 Å². The van der Waals surface area contributed by atoms with E-state index >= 15 is 0 Å². The number of aliphatic carboxylic acids is 1. The maximum Gasteiger partial charge on any atom is 0.416 e. The Balaban J connectivity index is 1.35. The topological polar surface area (TPSA) is 95.9 Å². The van der Waals surface area contributed by atoms with Crippen LogP contribution in [0, 0.1) is 0 Å². The Morgan fingerprint density at radius 3 is 2.21 bits per heavy atom. The van der Waals surface area contributed by atoms with Gasteiger partial charge < -0.3 is 9.84 Å². The molecule has 2 aliphatic rings. The Bertz CT molecular complexity index is 1100. The van der Waals surface area contributed by atoms with Crippen LogP contribution in [0.15, 0.2) is 54.6 Å². The molecular formula is C22H23F3N2O5S. The van der Waals surface area contributed by atoms with Crippen LogP contribution in [0.5, 0.6) is 5.75 Å². The minimum Gasteiger partial charge on any atom is -0.490 e. The predicted molar refractivity (Wildman–Crippen MR) is 113 cm³/mol. The lowest BCUT2D eigenvalue weighted by atomic mass is 10.1. The van der Waals surface area contributed by atoms with Crippen LogP contribution in [0.2, 0.25) is 0 Å². The quantitative estimate of drug-likeness (QED) is 0.628. The second-order valence-corrected chi connectivity index (χ2v) is 9.96. The van der Waals surface area contributed by atoms with Gasteiger partial charge in [0.2, 0.25) is 0 Å². The molecule has 2 aromatic carbocycles. The van der Waals surface area contributed by atoms with Gasteiger partial charge in [0.15, 0.2) is 0 Å². The molecule has 0 bridgehead atoms. The van der Waals surface area contributed by atoms with E-state index in [2.05, 4.69) is 4.72 Å². The maximum absolute atomic E-state index is 12.9. The smallest absolute Gasteiger partial charge is 0.416 e. The van der Waals surface area contributed by atoms with Crippen molar-refractivity contribution < 1.29 is 36.2 Å². The number of carboxylic acids is 1. The van der Waals surface area contributed by atoms with Crippen LogP contribution in [0.4, 0.5) is 13.2 Å². The number of rotatable bonds is 7. The summed E-state index contributed by atoms with van der Waals surface area (Å²) >= 11 is 0. The molecule has 33 heavy (non-hydrogen) atoms. The number of nitrogens with one attached hydrogen (secondary N) is 1. The van der Waals surface area contributed by atoms with Gasteiger partial charge in [-0.15, -0.1) is 0 Å². The minimum absolute atomic E-state index is 0.104. The number of carboxylic acid groups (broad SMARTS) is 1. The van der Waals surface area contributed by atoms with Crippen molar-refractivity contribution in [1.29, 1.82) is 0 Å². The molecule has 2 aromatic rings. The number of piperidine rings is 1. The van der Waals surface area contributed by atoms with Crippen molar-refractivity contribution in [1.82, 2.24) is 9.03 Å². The van der Waals surface area contributed by atoms with Crippen molar-refractivity contribution in [3.63, 3.8) is 0 Å². The first-order valence-corrected chi connectivity index (χ1v) is 11.9. The van der Waals surface area contributed by atoms with Crippen LogP contribution >= 0.6 is 0 Å². The monoisotopic (exact) mass is 484 g/mol. The number of halogens is 3. The third kappa shape index (κ3) is 4.99. The van der Waals surface area contributed by atoms with Gasteiger partial charge in [0.25, 0.3) is 10.2 Å². The van der Waals surface area contributed by atoms with Gasteiger partial charge in [-0.1, -0.05) is 30.3 Å². The molecule has 0 aromatic heterocycles. The van der Waals surface area contributed by atoms with Crippen molar-refractivity contribution in [2.24, 2.45) is 0 Å². The number of alkyl halides is 3. The Hall–Kier alpha value is -2.63. The first kappa shape index (κ1) is 23.5. The fraction of sp³-hybridized carbons (Fsp3) is 0.409. The Labute approximate surface area is 189 Å². The van der Waals surface area contributed by atoms with E-state index in [9.17, 15) is 31.5 Å². The summed E-state index contributed by atoms with van der Waals surface area (Å²) in [5.74, 6) is -1.40. The van der Waals surface area contributed by atoms with Crippen LogP contribution < -0.4 is 9.46 Å². The highest BCUT2D eigenvalue weighted by atomic mass is 32.2. The lowest BCUT2D eigenvalue weighted by Crippen LogP contribution is -2.53. The molecule has 178 valence electrons. The highest BCUT2D eigenvalue weighted by Gasteiger charge is 2.63. The van der Waals surface area contributed by atoms with E-state index in [1.807, 2.05) is 0 Å². The minimum atomic E-state index is -4.43. The second-order valence-electron chi connectivity index (χ2n) is 8.29. The Kier molecular flexibility index (Phi) is 6.14. The fourth-order valence-electron chi connectivity index (χ4n) is 4.14. The molecule has 1 saturated carbocycles. The summed E-state index contributed by atoms with van der Waals surface area (Å²) in [5, 5.41) is 9.74. The van der Waals surface area contributed by atoms with Crippen molar-refractivity contribution in [3.05, 3.63) is 65.7 Å². The zero-order valence-electron chi connectivity index (χ0n) is 17.5. The number of hydrogen-bond donors (Lipinski definition) is 2. The van der Waals surface area contributed by atoms with Gasteiger partial charge in [-0.05, 0) is 49.1 Å². The molecule has 1 aliphatic heterocycles.